The van der Waals surface area contributed by atoms with Gasteiger partial charge in [-0.05, 0) is 25.2 Å². The van der Waals surface area contributed by atoms with Crippen LogP contribution in [0.4, 0.5) is 8.78 Å². The third-order valence-electron chi connectivity index (χ3n) is 2.93. The first-order valence-electron chi connectivity index (χ1n) is 5.16. The summed E-state index contributed by atoms with van der Waals surface area (Å²) in [4.78, 5) is 11.0. The fourth-order valence-corrected chi connectivity index (χ4v) is 1.94. The average Bonchev–Trinajstić information content (AvgIpc) is 2.20. The van der Waals surface area contributed by atoms with Gasteiger partial charge in [-0.2, -0.15) is 0 Å². The zero-order valence-electron chi connectivity index (χ0n) is 9.25. The molecule has 0 unspecified atom stereocenters. The van der Waals surface area contributed by atoms with Gasteiger partial charge in [-0.1, -0.05) is 0 Å². The van der Waals surface area contributed by atoms with Crippen molar-refractivity contribution in [3.05, 3.63) is 0 Å². The van der Waals surface area contributed by atoms with Crippen molar-refractivity contribution in [2.45, 2.75) is 44.1 Å². The van der Waals surface area contributed by atoms with Crippen LogP contribution in [0.5, 0.6) is 0 Å². The lowest BCUT2D eigenvalue weighted by Gasteiger charge is -2.29. The van der Waals surface area contributed by atoms with Gasteiger partial charge in [-0.15, -0.1) is 12.4 Å². The summed E-state index contributed by atoms with van der Waals surface area (Å²) in [6.45, 7) is 0. The number of alkyl halides is 2. The predicted octanol–water partition coefficient (Wildman–Crippen LogP) is 2.12. The Morgan fingerprint density at radius 1 is 1.50 bits per heavy atom. The minimum Gasteiger partial charge on any atom is -0.468 e. The van der Waals surface area contributed by atoms with Crippen molar-refractivity contribution in [3.63, 3.8) is 0 Å². The molecule has 16 heavy (non-hydrogen) atoms. The highest BCUT2D eigenvalue weighted by Gasteiger charge is 2.35. The minimum absolute atomic E-state index is 0. The third kappa shape index (κ3) is 4.61. The second-order valence-corrected chi connectivity index (χ2v) is 4.16. The average molecular weight is 258 g/mol. The van der Waals surface area contributed by atoms with Gasteiger partial charge in [0.15, 0.2) is 0 Å². The number of ether oxygens (including phenoxy) is 1. The van der Waals surface area contributed by atoms with Crippen LogP contribution < -0.4 is 5.73 Å². The summed E-state index contributed by atoms with van der Waals surface area (Å²) in [5, 5.41) is 0. The monoisotopic (exact) mass is 257 g/mol. The maximum absolute atomic E-state index is 12.8. The van der Waals surface area contributed by atoms with E-state index in [4.69, 9.17) is 5.73 Å². The summed E-state index contributed by atoms with van der Waals surface area (Å²) in [5.74, 6) is -2.86. The summed E-state index contributed by atoms with van der Waals surface area (Å²) in [6, 6.07) is -0.674. The maximum Gasteiger partial charge on any atom is 0.322 e. The van der Waals surface area contributed by atoms with Gasteiger partial charge < -0.3 is 10.5 Å². The number of halogens is 3. The van der Waals surface area contributed by atoms with Gasteiger partial charge in [-0.3, -0.25) is 4.79 Å². The largest absolute Gasteiger partial charge is 0.468 e. The lowest BCUT2D eigenvalue weighted by atomic mass is 9.83. The summed E-state index contributed by atoms with van der Waals surface area (Å²) in [6.07, 6.45) is 1.15. The van der Waals surface area contributed by atoms with Crippen LogP contribution >= 0.6 is 12.4 Å². The normalized spacial score (nSPS) is 22.0. The fraction of sp³-hybridized carbons (Fsp3) is 0.900. The molecular formula is C10H18ClF2NO2. The van der Waals surface area contributed by atoms with E-state index in [-0.39, 0.29) is 31.2 Å². The van der Waals surface area contributed by atoms with Crippen molar-refractivity contribution in [1.29, 1.82) is 0 Å². The number of carbonyl (C=O) groups excluding carboxylic acids is 1. The molecule has 1 fully saturated rings. The predicted molar refractivity (Wildman–Crippen MR) is 58.8 cm³/mol. The molecule has 0 bridgehead atoms. The van der Waals surface area contributed by atoms with E-state index in [1.165, 1.54) is 7.11 Å². The van der Waals surface area contributed by atoms with E-state index in [1.54, 1.807) is 0 Å². The van der Waals surface area contributed by atoms with Crippen molar-refractivity contribution >= 4 is 18.4 Å². The molecule has 3 nitrogen and oxygen atoms in total. The fourth-order valence-electron chi connectivity index (χ4n) is 1.94. The first kappa shape index (κ1) is 15.6. The Hall–Kier alpha value is -0.420. The molecule has 1 rings (SSSR count). The van der Waals surface area contributed by atoms with E-state index >= 15 is 0 Å². The number of rotatable bonds is 3. The van der Waals surface area contributed by atoms with Crippen molar-refractivity contribution in [2.24, 2.45) is 11.7 Å². The van der Waals surface area contributed by atoms with Crippen LogP contribution in [0.15, 0.2) is 0 Å². The van der Waals surface area contributed by atoms with Crippen molar-refractivity contribution in [3.8, 4) is 0 Å². The molecular weight excluding hydrogens is 240 g/mol. The molecule has 96 valence electrons. The zero-order valence-corrected chi connectivity index (χ0v) is 10.1. The van der Waals surface area contributed by atoms with Crippen molar-refractivity contribution in [1.82, 2.24) is 0 Å². The Morgan fingerprint density at radius 2 is 2.00 bits per heavy atom. The molecule has 0 saturated heterocycles. The first-order chi connectivity index (χ1) is 6.94. The zero-order chi connectivity index (χ0) is 11.5. The number of carbonyl (C=O) groups is 1. The molecule has 0 aromatic carbocycles. The first-order valence-corrected chi connectivity index (χ1v) is 5.16. The van der Waals surface area contributed by atoms with Crippen LogP contribution in [0.25, 0.3) is 0 Å². The van der Waals surface area contributed by atoms with Crippen LogP contribution in [0.1, 0.15) is 32.1 Å². The van der Waals surface area contributed by atoms with Gasteiger partial charge in [-0.25, -0.2) is 8.78 Å². The molecule has 0 amide bonds. The molecule has 0 radical (unpaired) electrons. The third-order valence-corrected chi connectivity index (χ3v) is 2.93. The Labute approximate surface area is 100 Å². The topological polar surface area (TPSA) is 52.3 Å². The van der Waals surface area contributed by atoms with Gasteiger partial charge in [0.2, 0.25) is 5.92 Å². The molecule has 0 aromatic rings. The summed E-state index contributed by atoms with van der Waals surface area (Å²) in [5.41, 5.74) is 5.56. The summed E-state index contributed by atoms with van der Waals surface area (Å²) < 4.78 is 30.1. The van der Waals surface area contributed by atoms with Gasteiger partial charge in [0.05, 0.1) is 7.11 Å². The number of hydrogen-bond donors (Lipinski definition) is 1. The molecule has 1 aliphatic carbocycles. The molecule has 0 heterocycles. The van der Waals surface area contributed by atoms with Crippen LogP contribution in [0.3, 0.4) is 0 Å². The highest BCUT2D eigenvalue weighted by molar-refractivity contribution is 5.85. The molecule has 0 spiro atoms. The molecule has 6 heteroatoms. The van der Waals surface area contributed by atoms with E-state index in [1.807, 2.05) is 0 Å². The van der Waals surface area contributed by atoms with Gasteiger partial charge >= 0.3 is 5.97 Å². The van der Waals surface area contributed by atoms with Crippen molar-refractivity contribution in [2.75, 3.05) is 7.11 Å². The number of esters is 1. The molecule has 1 saturated carbocycles. The summed E-state index contributed by atoms with van der Waals surface area (Å²) >= 11 is 0. The van der Waals surface area contributed by atoms with Crippen molar-refractivity contribution < 1.29 is 18.3 Å². The van der Waals surface area contributed by atoms with Crippen LogP contribution in [0.2, 0.25) is 0 Å². The number of nitrogens with two attached hydrogens (primary N) is 1. The quantitative estimate of drug-likeness (QED) is 0.788. The van der Waals surface area contributed by atoms with E-state index < -0.39 is 17.9 Å². The standard InChI is InChI=1S/C10H17F2NO2.ClH/c1-15-9(14)8(13)6-7-2-4-10(11,12)5-3-7;/h7-8H,2-6,13H2,1H3;1H/t8-;/m1./s1. The molecule has 1 aliphatic rings. The Morgan fingerprint density at radius 3 is 2.44 bits per heavy atom. The van der Waals surface area contributed by atoms with E-state index in [2.05, 4.69) is 4.74 Å². The summed E-state index contributed by atoms with van der Waals surface area (Å²) in [7, 11) is 1.28. The second-order valence-electron chi connectivity index (χ2n) is 4.16. The van der Waals surface area contributed by atoms with Gasteiger partial charge in [0.25, 0.3) is 0 Å². The molecule has 2 N–H and O–H groups in total. The van der Waals surface area contributed by atoms with Crippen LogP contribution in [0, 0.1) is 5.92 Å². The number of methoxy groups -OCH3 is 1. The minimum atomic E-state index is -2.52. The SMILES string of the molecule is COC(=O)[C@H](N)CC1CCC(F)(F)CC1.Cl. The highest BCUT2D eigenvalue weighted by Crippen LogP contribution is 2.37. The van der Waals surface area contributed by atoms with Crippen LogP contribution in [-0.2, 0) is 9.53 Å². The number of hydrogen-bond acceptors (Lipinski definition) is 3. The molecule has 0 aromatic heterocycles. The second kappa shape index (κ2) is 6.35. The Bertz CT molecular complexity index is 229. The Balaban J connectivity index is 0.00000225. The smallest absolute Gasteiger partial charge is 0.322 e. The van der Waals surface area contributed by atoms with E-state index in [0.29, 0.717) is 19.3 Å². The van der Waals surface area contributed by atoms with Gasteiger partial charge in [0.1, 0.15) is 6.04 Å². The lowest BCUT2D eigenvalue weighted by Crippen LogP contribution is -2.35. The van der Waals surface area contributed by atoms with E-state index in [9.17, 15) is 13.6 Å². The van der Waals surface area contributed by atoms with Gasteiger partial charge in [0, 0.05) is 12.8 Å². The lowest BCUT2D eigenvalue weighted by molar-refractivity contribution is -0.142. The highest BCUT2D eigenvalue weighted by atomic mass is 35.5. The maximum atomic E-state index is 12.8. The molecule has 0 aliphatic heterocycles. The van der Waals surface area contributed by atoms with E-state index in [0.717, 1.165) is 0 Å². The van der Waals surface area contributed by atoms with Crippen LogP contribution in [-0.4, -0.2) is 25.0 Å². The Kier molecular flexibility index (Phi) is 6.18. The molecule has 1 atom stereocenters.